The Labute approximate surface area is 156 Å². The van der Waals surface area contributed by atoms with Crippen LogP contribution in [0.25, 0.3) is 0 Å². The number of hydrogen-bond donors (Lipinski definition) is 1. The number of amides is 1. The Kier molecular flexibility index (Phi) is 5.86. The SMILES string of the molecule is CCOc1ccc(NC(=O)c2ccccc2OCc2csc(C)n2)cc1. The van der Waals surface area contributed by atoms with E-state index in [4.69, 9.17) is 9.47 Å². The Bertz CT molecular complexity index is 875. The topological polar surface area (TPSA) is 60.5 Å². The van der Waals surface area contributed by atoms with Crippen LogP contribution >= 0.6 is 11.3 Å². The zero-order valence-corrected chi connectivity index (χ0v) is 15.5. The zero-order valence-electron chi connectivity index (χ0n) is 14.7. The number of benzene rings is 2. The monoisotopic (exact) mass is 368 g/mol. The maximum absolute atomic E-state index is 12.6. The van der Waals surface area contributed by atoms with Gasteiger partial charge in [-0.05, 0) is 50.2 Å². The van der Waals surface area contributed by atoms with Gasteiger partial charge in [0, 0.05) is 11.1 Å². The molecule has 0 spiro atoms. The third kappa shape index (κ3) is 4.61. The normalized spacial score (nSPS) is 10.4. The van der Waals surface area contributed by atoms with Crippen molar-refractivity contribution in [3.8, 4) is 11.5 Å². The van der Waals surface area contributed by atoms with Crippen molar-refractivity contribution in [2.24, 2.45) is 0 Å². The number of para-hydroxylation sites is 1. The molecule has 0 saturated carbocycles. The molecule has 0 atom stereocenters. The lowest BCUT2D eigenvalue weighted by Gasteiger charge is -2.11. The van der Waals surface area contributed by atoms with Crippen LogP contribution in [0.3, 0.4) is 0 Å². The summed E-state index contributed by atoms with van der Waals surface area (Å²) in [6.45, 7) is 4.82. The summed E-state index contributed by atoms with van der Waals surface area (Å²) in [4.78, 5) is 17.0. The first kappa shape index (κ1) is 17.9. The van der Waals surface area contributed by atoms with Gasteiger partial charge < -0.3 is 14.8 Å². The maximum atomic E-state index is 12.6. The van der Waals surface area contributed by atoms with Crippen LogP contribution < -0.4 is 14.8 Å². The number of anilines is 1. The van der Waals surface area contributed by atoms with Crippen LogP contribution in [0.2, 0.25) is 0 Å². The van der Waals surface area contributed by atoms with E-state index in [9.17, 15) is 4.79 Å². The van der Waals surface area contributed by atoms with Gasteiger partial charge in [-0.25, -0.2) is 4.98 Å². The molecular weight excluding hydrogens is 348 g/mol. The number of nitrogens with zero attached hydrogens (tertiary/aromatic N) is 1. The van der Waals surface area contributed by atoms with E-state index in [1.807, 2.05) is 55.6 Å². The minimum absolute atomic E-state index is 0.223. The predicted molar refractivity (Wildman–Crippen MR) is 103 cm³/mol. The summed E-state index contributed by atoms with van der Waals surface area (Å²) in [6, 6.07) is 14.5. The Hall–Kier alpha value is -2.86. The highest BCUT2D eigenvalue weighted by Crippen LogP contribution is 2.22. The molecule has 5 nitrogen and oxygen atoms in total. The van der Waals surface area contributed by atoms with Crippen molar-refractivity contribution in [1.82, 2.24) is 4.98 Å². The molecular formula is C20H20N2O3S. The lowest BCUT2D eigenvalue weighted by Crippen LogP contribution is -2.13. The van der Waals surface area contributed by atoms with E-state index < -0.39 is 0 Å². The van der Waals surface area contributed by atoms with E-state index >= 15 is 0 Å². The second kappa shape index (κ2) is 8.49. The average Bonchev–Trinajstić information content (AvgIpc) is 3.07. The number of aromatic nitrogens is 1. The van der Waals surface area contributed by atoms with Crippen molar-refractivity contribution in [1.29, 1.82) is 0 Å². The highest BCUT2D eigenvalue weighted by Gasteiger charge is 2.13. The number of nitrogens with one attached hydrogen (secondary N) is 1. The van der Waals surface area contributed by atoms with E-state index in [2.05, 4.69) is 10.3 Å². The van der Waals surface area contributed by atoms with Crippen molar-refractivity contribution in [2.75, 3.05) is 11.9 Å². The molecule has 1 aromatic heterocycles. The molecule has 1 N–H and O–H groups in total. The summed E-state index contributed by atoms with van der Waals surface area (Å²) >= 11 is 1.58. The fourth-order valence-electron chi connectivity index (χ4n) is 2.41. The summed E-state index contributed by atoms with van der Waals surface area (Å²) in [5.74, 6) is 1.08. The Morgan fingerprint density at radius 1 is 1.12 bits per heavy atom. The fourth-order valence-corrected chi connectivity index (χ4v) is 3.00. The van der Waals surface area contributed by atoms with Crippen molar-refractivity contribution in [3.05, 3.63) is 70.2 Å². The maximum Gasteiger partial charge on any atom is 0.259 e. The largest absolute Gasteiger partial charge is 0.494 e. The molecule has 134 valence electrons. The van der Waals surface area contributed by atoms with E-state index in [1.165, 1.54) is 0 Å². The minimum atomic E-state index is -0.223. The van der Waals surface area contributed by atoms with Crippen LogP contribution in [0, 0.1) is 6.92 Å². The van der Waals surface area contributed by atoms with Crippen LogP contribution in [-0.4, -0.2) is 17.5 Å². The van der Waals surface area contributed by atoms with E-state index in [1.54, 1.807) is 23.5 Å². The summed E-state index contributed by atoms with van der Waals surface area (Å²) in [7, 11) is 0. The number of carbonyl (C=O) groups is 1. The lowest BCUT2D eigenvalue weighted by atomic mass is 10.2. The molecule has 0 fully saturated rings. The Balaban J connectivity index is 1.68. The van der Waals surface area contributed by atoms with E-state index in [0.717, 1.165) is 16.5 Å². The van der Waals surface area contributed by atoms with E-state index in [-0.39, 0.29) is 5.91 Å². The minimum Gasteiger partial charge on any atom is -0.494 e. The first-order valence-electron chi connectivity index (χ1n) is 8.32. The molecule has 3 rings (SSSR count). The van der Waals surface area contributed by atoms with Gasteiger partial charge in [0.15, 0.2) is 0 Å². The standard InChI is InChI=1S/C20H20N2O3S/c1-3-24-17-10-8-15(9-11-17)22-20(23)18-6-4-5-7-19(18)25-12-16-13-26-14(2)21-16/h4-11,13H,3,12H2,1-2H3,(H,22,23). The molecule has 1 amide bonds. The Morgan fingerprint density at radius 3 is 2.58 bits per heavy atom. The van der Waals surface area contributed by atoms with Crippen LogP contribution in [-0.2, 0) is 6.61 Å². The third-order valence-corrected chi connectivity index (χ3v) is 4.42. The molecule has 0 unspecified atom stereocenters. The van der Waals surface area contributed by atoms with Crippen LogP contribution in [0.15, 0.2) is 53.9 Å². The van der Waals surface area contributed by atoms with E-state index in [0.29, 0.717) is 30.2 Å². The third-order valence-electron chi connectivity index (χ3n) is 3.60. The predicted octanol–water partition coefficient (Wildman–Crippen LogP) is 4.68. The number of thiazole rings is 1. The molecule has 2 aromatic carbocycles. The molecule has 0 aliphatic carbocycles. The van der Waals surface area contributed by atoms with Crippen LogP contribution in [0.4, 0.5) is 5.69 Å². The first-order valence-corrected chi connectivity index (χ1v) is 9.20. The van der Waals surface area contributed by atoms with Crippen molar-refractivity contribution >= 4 is 22.9 Å². The fraction of sp³-hybridized carbons (Fsp3) is 0.200. The zero-order chi connectivity index (χ0) is 18.4. The van der Waals surface area contributed by atoms with Gasteiger partial charge in [-0.15, -0.1) is 11.3 Å². The number of carbonyl (C=O) groups excluding carboxylic acids is 1. The molecule has 0 radical (unpaired) electrons. The van der Waals surface area contributed by atoms with Crippen LogP contribution in [0.1, 0.15) is 28.0 Å². The second-order valence-corrected chi connectivity index (χ2v) is 6.62. The quantitative estimate of drug-likeness (QED) is 0.658. The number of rotatable bonds is 7. The van der Waals surface area contributed by atoms with Gasteiger partial charge in [-0.3, -0.25) is 4.79 Å². The summed E-state index contributed by atoms with van der Waals surface area (Å²) in [5.41, 5.74) is 2.03. The highest BCUT2D eigenvalue weighted by atomic mass is 32.1. The number of ether oxygens (including phenoxy) is 2. The summed E-state index contributed by atoms with van der Waals surface area (Å²) in [5, 5.41) is 5.83. The van der Waals surface area contributed by atoms with Crippen LogP contribution in [0.5, 0.6) is 11.5 Å². The van der Waals surface area contributed by atoms with Gasteiger partial charge in [0.1, 0.15) is 18.1 Å². The van der Waals surface area contributed by atoms with Gasteiger partial charge in [0.25, 0.3) is 5.91 Å². The molecule has 6 heteroatoms. The average molecular weight is 368 g/mol. The lowest BCUT2D eigenvalue weighted by molar-refractivity contribution is 0.102. The first-order chi connectivity index (χ1) is 12.7. The van der Waals surface area contributed by atoms with Crippen molar-refractivity contribution in [2.45, 2.75) is 20.5 Å². The van der Waals surface area contributed by atoms with Gasteiger partial charge in [-0.1, -0.05) is 12.1 Å². The molecule has 0 aliphatic heterocycles. The van der Waals surface area contributed by atoms with Crippen molar-refractivity contribution < 1.29 is 14.3 Å². The molecule has 26 heavy (non-hydrogen) atoms. The Morgan fingerprint density at radius 2 is 1.88 bits per heavy atom. The molecule has 1 heterocycles. The van der Waals surface area contributed by atoms with Crippen molar-refractivity contribution in [3.63, 3.8) is 0 Å². The summed E-state index contributed by atoms with van der Waals surface area (Å²) < 4.78 is 11.2. The second-order valence-electron chi connectivity index (χ2n) is 5.55. The van der Waals surface area contributed by atoms with Gasteiger partial charge in [-0.2, -0.15) is 0 Å². The van der Waals surface area contributed by atoms with Gasteiger partial charge >= 0.3 is 0 Å². The molecule has 0 saturated heterocycles. The molecule has 3 aromatic rings. The smallest absolute Gasteiger partial charge is 0.259 e. The number of hydrogen-bond acceptors (Lipinski definition) is 5. The highest BCUT2D eigenvalue weighted by molar-refractivity contribution is 7.09. The molecule has 0 bridgehead atoms. The van der Waals surface area contributed by atoms with Gasteiger partial charge in [0.05, 0.1) is 22.9 Å². The summed E-state index contributed by atoms with van der Waals surface area (Å²) in [6.07, 6.45) is 0. The van der Waals surface area contributed by atoms with Gasteiger partial charge in [0.2, 0.25) is 0 Å². The number of aryl methyl sites for hydroxylation is 1. The molecule has 0 aliphatic rings.